The van der Waals surface area contributed by atoms with Crippen LogP contribution in [-0.2, 0) is 14.3 Å². The highest BCUT2D eigenvalue weighted by molar-refractivity contribution is 5.83. The van der Waals surface area contributed by atoms with E-state index in [0.717, 1.165) is 12.8 Å². The molecule has 0 radical (unpaired) electrons. The highest BCUT2D eigenvalue weighted by Gasteiger charge is 2.55. The first kappa shape index (κ1) is 13.0. The quantitative estimate of drug-likeness (QED) is 0.746. The second-order valence-electron chi connectivity index (χ2n) is 5.60. The van der Waals surface area contributed by atoms with Gasteiger partial charge in [0.1, 0.15) is 5.78 Å². The maximum Gasteiger partial charge on any atom is 0.168 e. The number of rotatable bonds is 2. The van der Waals surface area contributed by atoms with Gasteiger partial charge in [-0.15, -0.1) is 0 Å². The molecule has 3 atom stereocenters. The number of ether oxygens (including phenoxy) is 2. The van der Waals surface area contributed by atoms with Crippen molar-refractivity contribution < 1.29 is 19.4 Å². The van der Waals surface area contributed by atoms with Crippen LogP contribution in [0.2, 0.25) is 0 Å². The molecule has 0 amide bonds. The molecule has 0 aliphatic heterocycles. The second kappa shape index (κ2) is 4.34. The minimum absolute atomic E-state index is 0.139. The van der Waals surface area contributed by atoms with Crippen molar-refractivity contribution in [3.8, 4) is 0 Å². The molecule has 17 heavy (non-hydrogen) atoms. The second-order valence-corrected chi connectivity index (χ2v) is 5.60. The van der Waals surface area contributed by atoms with Crippen molar-refractivity contribution >= 4 is 5.78 Å². The van der Waals surface area contributed by atoms with Crippen molar-refractivity contribution in [2.24, 2.45) is 11.3 Å². The van der Waals surface area contributed by atoms with Crippen LogP contribution in [0.1, 0.15) is 39.0 Å². The maximum atomic E-state index is 12.1. The molecular formula is C13H22O4. The van der Waals surface area contributed by atoms with E-state index in [1.54, 1.807) is 14.2 Å². The van der Waals surface area contributed by atoms with E-state index in [1.165, 1.54) is 0 Å². The van der Waals surface area contributed by atoms with Crippen LogP contribution in [0.25, 0.3) is 0 Å². The van der Waals surface area contributed by atoms with Gasteiger partial charge in [-0.25, -0.2) is 0 Å². The minimum Gasteiger partial charge on any atom is -0.393 e. The third kappa shape index (κ3) is 1.92. The number of carbonyl (C=O) groups is 1. The molecule has 0 heterocycles. The summed E-state index contributed by atoms with van der Waals surface area (Å²) < 4.78 is 10.9. The Bertz CT molecular complexity index is 311. The summed E-state index contributed by atoms with van der Waals surface area (Å²) in [6.45, 7) is 2.02. The average Bonchev–Trinajstić information content (AvgIpc) is 2.35. The fraction of sp³-hybridized carbons (Fsp3) is 0.923. The smallest absolute Gasteiger partial charge is 0.168 e. The lowest BCUT2D eigenvalue weighted by atomic mass is 9.57. The van der Waals surface area contributed by atoms with Gasteiger partial charge in [-0.05, 0) is 12.8 Å². The lowest BCUT2D eigenvalue weighted by Crippen LogP contribution is -2.55. The van der Waals surface area contributed by atoms with Crippen LogP contribution in [0.3, 0.4) is 0 Å². The zero-order valence-corrected chi connectivity index (χ0v) is 10.9. The van der Waals surface area contributed by atoms with E-state index in [4.69, 9.17) is 9.47 Å². The number of carbonyl (C=O) groups excluding carboxylic acids is 1. The number of hydrogen-bond acceptors (Lipinski definition) is 4. The molecule has 0 unspecified atom stereocenters. The van der Waals surface area contributed by atoms with Gasteiger partial charge in [-0.3, -0.25) is 4.79 Å². The third-order valence-corrected chi connectivity index (χ3v) is 4.91. The number of hydrogen-bond donors (Lipinski definition) is 1. The average molecular weight is 242 g/mol. The Balaban J connectivity index is 2.26. The molecule has 98 valence electrons. The fourth-order valence-electron chi connectivity index (χ4n) is 3.40. The summed E-state index contributed by atoms with van der Waals surface area (Å²) in [5.74, 6) is -0.535. The van der Waals surface area contributed by atoms with Gasteiger partial charge in [0.2, 0.25) is 0 Å². The van der Waals surface area contributed by atoms with E-state index in [2.05, 4.69) is 0 Å². The molecule has 2 fully saturated rings. The molecule has 4 nitrogen and oxygen atoms in total. The zero-order chi connectivity index (χ0) is 12.7. The number of aliphatic hydroxyl groups is 1. The summed E-state index contributed by atoms with van der Waals surface area (Å²) in [7, 11) is 3.24. The Morgan fingerprint density at radius 3 is 2.53 bits per heavy atom. The van der Waals surface area contributed by atoms with E-state index in [9.17, 15) is 9.90 Å². The molecule has 2 rings (SSSR count). The Morgan fingerprint density at radius 2 is 1.94 bits per heavy atom. The lowest BCUT2D eigenvalue weighted by molar-refractivity contribution is -0.254. The van der Waals surface area contributed by atoms with Crippen molar-refractivity contribution in [3.05, 3.63) is 0 Å². The summed E-state index contributed by atoms with van der Waals surface area (Å²) in [5.41, 5.74) is -0.296. The van der Waals surface area contributed by atoms with Gasteiger partial charge < -0.3 is 14.6 Å². The van der Waals surface area contributed by atoms with Gasteiger partial charge in [0, 0.05) is 44.8 Å². The van der Waals surface area contributed by atoms with Crippen molar-refractivity contribution in [1.29, 1.82) is 0 Å². The molecule has 4 heteroatoms. The number of methoxy groups -OCH3 is 2. The molecule has 2 aliphatic carbocycles. The Morgan fingerprint density at radius 1 is 1.29 bits per heavy atom. The van der Waals surface area contributed by atoms with Crippen LogP contribution in [0.5, 0.6) is 0 Å². The summed E-state index contributed by atoms with van der Waals surface area (Å²) >= 11 is 0. The summed E-state index contributed by atoms with van der Waals surface area (Å²) in [6.07, 6.45) is 2.76. The standard InChI is InChI=1S/C13H22O4/c1-12-6-7-13(16-2,17-3)8-9(12)10(14)4-5-11(12)15/h9,11,15H,4-8H2,1-3H3/t9-,11+,12+/m1/s1. The third-order valence-electron chi connectivity index (χ3n) is 4.91. The number of fused-ring (bicyclic) bond motifs is 1. The Hall–Kier alpha value is -0.450. The van der Waals surface area contributed by atoms with E-state index in [-0.39, 0.29) is 23.2 Å². The van der Waals surface area contributed by atoms with Gasteiger partial charge in [0.15, 0.2) is 5.79 Å². The van der Waals surface area contributed by atoms with Crippen LogP contribution in [-0.4, -0.2) is 37.0 Å². The first-order valence-corrected chi connectivity index (χ1v) is 6.28. The molecule has 0 spiro atoms. The van der Waals surface area contributed by atoms with Crippen molar-refractivity contribution in [3.63, 3.8) is 0 Å². The molecule has 0 saturated heterocycles. The molecule has 0 bridgehead atoms. The van der Waals surface area contributed by atoms with Crippen LogP contribution in [0.4, 0.5) is 0 Å². The van der Waals surface area contributed by atoms with Gasteiger partial charge in [0.25, 0.3) is 0 Å². The van der Waals surface area contributed by atoms with Crippen LogP contribution >= 0.6 is 0 Å². The molecule has 2 saturated carbocycles. The summed E-state index contributed by atoms with van der Waals surface area (Å²) in [5, 5.41) is 10.2. The van der Waals surface area contributed by atoms with E-state index >= 15 is 0 Å². The number of ketones is 1. The van der Waals surface area contributed by atoms with Gasteiger partial charge >= 0.3 is 0 Å². The molecular weight excluding hydrogens is 220 g/mol. The molecule has 0 aromatic heterocycles. The van der Waals surface area contributed by atoms with Gasteiger partial charge in [-0.2, -0.15) is 0 Å². The lowest BCUT2D eigenvalue weighted by Gasteiger charge is -2.52. The fourth-order valence-corrected chi connectivity index (χ4v) is 3.40. The SMILES string of the molecule is COC1(OC)CC[C@@]2(C)[C@H](C1)C(=O)CC[C@@H]2O. The Labute approximate surface area is 102 Å². The zero-order valence-electron chi connectivity index (χ0n) is 10.9. The Kier molecular flexibility index (Phi) is 3.31. The predicted molar refractivity (Wildman–Crippen MR) is 62.4 cm³/mol. The number of aliphatic hydroxyl groups excluding tert-OH is 1. The summed E-state index contributed by atoms with van der Waals surface area (Å²) in [6, 6.07) is 0. The molecule has 0 aromatic rings. The van der Waals surface area contributed by atoms with Gasteiger partial charge in [0.05, 0.1) is 6.10 Å². The first-order valence-electron chi connectivity index (χ1n) is 6.28. The van der Waals surface area contributed by atoms with E-state index in [1.807, 2.05) is 6.92 Å². The largest absolute Gasteiger partial charge is 0.393 e. The van der Waals surface area contributed by atoms with Crippen molar-refractivity contribution in [1.82, 2.24) is 0 Å². The van der Waals surface area contributed by atoms with Crippen LogP contribution in [0.15, 0.2) is 0 Å². The molecule has 2 aliphatic rings. The minimum atomic E-state index is -0.642. The monoisotopic (exact) mass is 242 g/mol. The normalized spacial score (nSPS) is 41.1. The van der Waals surface area contributed by atoms with Crippen LogP contribution < -0.4 is 0 Å². The van der Waals surface area contributed by atoms with Crippen LogP contribution in [0, 0.1) is 11.3 Å². The maximum absolute atomic E-state index is 12.1. The summed E-state index contributed by atoms with van der Waals surface area (Å²) in [4.78, 5) is 12.1. The topological polar surface area (TPSA) is 55.8 Å². The first-order chi connectivity index (χ1) is 7.97. The molecule has 1 N–H and O–H groups in total. The highest BCUT2D eigenvalue weighted by atomic mass is 16.7. The van der Waals surface area contributed by atoms with Gasteiger partial charge in [-0.1, -0.05) is 6.92 Å². The number of Topliss-reactive ketones (excluding diaryl/α,β-unsaturated/α-hetero) is 1. The van der Waals surface area contributed by atoms with Crippen molar-refractivity contribution in [2.45, 2.75) is 50.9 Å². The highest BCUT2D eigenvalue weighted by Crippen LogP contribution is 2.52. The van der Waals surface area contributed by atoms with E-state index < -0.39 is 5.79 Å². The predicted octanol–water partition coefficient (Wildman–Crippen LogP) is 1.51. The van der Waals surface area contributed by atoms with Crippen molar-refractivity contribution in [2.75, 3.05) is 14.2 Å². The molecule has 0 aromatic carbocycles. The van der Waals surface area contributed by atoms with E-state index in [0.29, 0.717) is 19.3 Å².